The summed E-state index contributed by atoms with van der Waals surface area (Å²) in [4.78, 5) is 45.6. The first-order valence-corrected chi connectivity index (χ1v) is 13.4. The third-order valence-electron chi connectivity index (χ3n) is 6.87. The van der Waals surface area contributed by atoms with Crippen molar-refractivity contribution < 1.29 is 19.1 Å². The zero-order valence-electron chi connectivity index (χ0n) is 21.1. The van der Waals surface area contributed by atoms with Crippen LogP contribution in [0.15, 0.2) is 54.7 Å². The minimum absolute atomic E-state index is 0.0465. The zero-order valence-corrected chi connectivity index (χ0v) is 21.9. The van der Waals surface area contributed by atoms with Crippen LogP contribution >= 0.6 is 11.3 Å². The Morgan fingerprint density at radius 2 is 2.03 bits per heavy atom. The number of piperidine rings is 1. The van der Waals surface area contributed by atoms with Gasteiger partial charge in [0.1, 0.15) is 21.2 Å². The fraction of sp³-hybridized carbons (Fsp3) is 0.214. The van der Waals surface area contributed by atoms with Crippen LogP contribution in [0.5, 0.6) is 11.5 Å². The molecular formula is C28H26N6O4S. The molecule has 198 valence electrons. The number of benzene rings is 2. The number of primary amides is 1. The molecule has 4 heterocycles. The van der Waals surface area contributed by atoms with Gasteiger partial charge in [-0.15, -0.1) is 11.3 Å². The number of aromatic nitrogens is 1. The molecule has 0 saturated carbocycles. The summed E-state index contributed by atoms with van der Waals surface area (Å²) in [5, 5.41) is 10.1. The highest BCUT2D eigenvalue weighted by molar-refractivity contribution is 7.21. The number of carbonyl (C=O) groups is 3. The summed E-state index contributed by atoms with van der Waals surface area (Å²) in [6, 6.07) is 13.5. The molecule has 4 aromatic rings. The Morgan fingerprint density at radius 1 is 1.18 bits per heavy atom. The Balaban J connectivity index is 1.33. The van der Waals surface area contributed by atoms with Crippen LogP contribution < -0.4 is 31.3 Å². The summed E-state index contributed by atoms with van der Waals surface area (Å²) >= 11 is 1.27. The molecule has 0 bridgehead atoms. The van der Waals surface area contributed by atoms with Crippen molar-refractivity contribution in [1.29, 1.82) is 0 Å². The molecule has 1 atom stereocenters. The third-order valence-corrected chi connectivity index (χ3v) is 7.97. The maximum absolute atomic E-state index is 13.5. The Hall–Kier alpha value is -4.48. The van der Waals surface area contributed by atoms with E-state index < -0.39 is 5.91 Å². The molecule has 2 aliphatic heterocycles. The molecule has 0 spiro atoms. The van der Waals surface area contributed by atoms with Crippen molar-refractivity contribution in [2.24, 2.45) is 5.73 Å². The number of ether oxygens (including phenoxy) is 1. The normalized spacial score (nSPS) is 16.6. The molecule has 6 rings (SSSR count). The summed E-state index contributed by atoms with van der Waals surface area (Å²) in [7, 11) is 0. The van der Waals surface area contributed by atoms with Gasteiger partial charge in [-0.05, 0) is 68.3 Å². The summed E-state index contributed by atoms with van der Waals surface area (Å²) in [6.45, 7) is 3.55. The first-order valence-electron chi connectivity index (χ1n) is 12.6. The lowest BCUT2D eigenvalue weighted by molar-refractivity contribution is 0.0934. The van der Waals surface area contributed by atoms with Gasteiger partial charge in [-0.3, -0.25) is 14.5 Å². The number of nitrogens with one attached hydrogen (secondary N) is 3. The van der Waals surface area contributed by atoms with E-state index >= 15 is 0 Å². The average Bonchev–Trinajstić information content (AvgIpc) is 3.30. The molecule has 39 heavy (non-hydrogen) atoms. The number of pyridine rings is 1. The van der Waals surface area contributed by atoms with Gasteiger partial charge >= 0.3 is 6.03 Å². The Morgan fingerprint density at radius 3 is 2.79 bits per heavy atom. The summed E-state index contributed by atoms with van der Waals surface area (Å²) < 4.78 is 5.95. The number of carbonyl (C=O) groups excluding carboxylic acids is 3. The van der Waals surface area contributed by atoms with Crippen LogP contribution in [0.1, 0.15) is 38.4 Å². The van der Waals surface area contributed by atoms with E-state index in [4.69, 9.17) is 10.5 Å². The number of nitrogens with zero attached hydrogens (tertiary/aromatic N) is 2. The molecule has 1 unspecified atom stereocenters. The van der Waals surface area contributed by atoms with Gasteiger partial charge in [0.05, 0.1) is 28.0 Å². The van der Waals surface area contributed by atoms with E-state index in [9.17, 15) is 14.4 Å². The van der Waals surface area contributed by atoms with E-state index in [0.29, 0.717) is 38.3 Å². The standard InChI is InChI=1S/C28H26N6O4S/c1-15-13-17(38-21-7-3-2-6-18(21)25(29)35)8-9-19(15)34-20-10-12-31-27-22(20)23(33-28(34)37)24(39-27)26(36)32-16-5-4-11-30-14-16/h2-3,6-10,12-13,16,30H,4-5,11,14H2,1H3,(H2,29,35)(H,32,36)(H,33,37). The van der Waals surface area contributed by atoms with E-state index in [1.807, 2.05) is 6.92 Å². The molecule has 2 aliphatic rings. The number of hydrogen-bond donors (Lipinski definition) is 4. The van der Waals surface area contributed by atoms with Crippen molar-refractivity contribution in [2.45, 2.75) is 25.8 Å². The smallest absolute Gasteiger partial charge is 0.331 e. The van der Waals surface area contributed by atoms with E-state index in [-0.39, 0.29) is 23.5 Å². The highest BCUT2D eigenvalue weighted by Gasteiger charge is 2.33. The van der Waals surface area contributed by atoms with E-state index in [1.165, 1.54) is 11.3 Å². The van der Waals surface area contributed by atoms with Crippen LogP contribution in [-0.4, -0.2) is 42.0 Å². The quantitative estimate of drug-likeness (QED) is 0.280. The second kappa shape index (κ2) is 10.0. The lowest BCUT2D eigenvalue weighted by Crippen LogP contribution is -2.45. The Bertz CT molecular complexity index is 1630. The number of amides is 4. The fourth-order valence-corrected chi connectivity index (χ4v) is 6.06. The second-order valence-electron chi connectivity index (χ2n) is 9.51. The lowest BCUT2D eigenvalue weighted by Gasteiger charge is -2.30. The number of hydrogen-bond acceptors (Lipinski definition) is 7. The molecule has 2 aromatic heterocycles. The van der Waals surface area contributed by atoms with Crippen LogP contribution in [0.3, 0.4) is 0 Å². The second-order valence-corrected chi connectivity index (χ2v) is 10.5. The monoisotopic (exact) mass is 542 g/mol. The molecule has 10 nitrogen and oxygen atoms in total. The van der Waals surface area contributed by atoms with Crippen LogP contribution in [0.2, 0.25) is 0 Å². The number of rotatable bonds is 6. The van der Waals surface area contributed by atoms with Gasteiger partial charge in [-0.1, -0.05) is 12.1 Å². The van der Waals surface area contributed by atoms with Crippen molar-refractivity contribution in [2.75, 3.05) is 23.3 Å². The van der Waals surface area contributed by atoms with Gasteiger partial charge in [0.15, 0.2) is 0 Å². The van der Waals surface area contributed by atoms with Gasteiger partial charge in [0, 0.05) is 18.8 Å². The van der Waals surface area contributed by atoms with Gasteiger partial charge in [0.25, 0.3) is 11.8 Å². The van der Waals surface area contributed by atoms with Crippen molar-refractivity contribution in [3.8, 4) is 11.5 Å². The zero-order chi connectivity index (χ0) is 27.1. The average molecular weight is 543 g/mol. The summed E-state index contributed by atoms with van der Waals surface area (Å²) in [6.07, 6.45) is 3.56. The molecule has 2 aromatic carbocycles. The van der Waals surface area contributed by atoms with Crippen LogP contribution in [-0.2, 0) is 0 Å². The van der Waals surface area contributed by atoms with Crippen LogP contribution in [0.4, 0.5) is 21.9 Å². The Labute approximate surface area is 228 Å². The number of thiophene rings is 1. The molecule has 1 saturated heterocycles. The number of anilines is 3. The lowest BCUT2D eigenvalue weighted by atomic mass is 10.1. The number of urea groups is 1. The molecule has 0 radical (unpaired) electrons. The largest absolute Gasteiger partial charge is 0.457 e. The van der Waals surface area contributed by atoms with Gasteiger partial charge in [0.2, 0.25) is 0 Å². The van der Waals surface area contributed by atoms with Crippen LogP contribution in [0, 0.1) is 6.92 Å². The minimum atomic E-state index is -0.583. The molecule has 4 amide bonds. The predicted octanol–water partition coefficient (Wildman–Crippen LogP) is 4.66. The van der Waals surface area contributed by atoms with Gasteiger partial charge < -0.3 is 26.4 Å². The maximum atomic E-state index is 13.5. The van der Waals surface area contributed by atoms with Gasteiger partial charge in [-0.25, -0.2) is 9.78 Å². The van der Waals surface area contributed by atoms with Gasteiger partial charge in [-0.2, -0.15) is 0 Å². The Kier molecular flexibility index (Phi) is 6.37. The minimum Gasteiger partial charge on any atom is -0.457 e. The van der Waals surface area contributed by atoms with Crippen molar-refractivity contribution in [1.82, 2.24) is 15.6 Å². The molecule has 1 fully saturated rings. The number of para-hydroxylation sites is 1. The molecular weight excluding hydrogens is 516 g/mol. The number of nitrogens with two attached hydrogens (primary N) is 1. The molecule has 11 heteroatoms. The van der Waals surface area contributed by atoms with Crippen molar-refractivity contribution in [3.05, 3.63) is 70.7 Å². The van der Waals surface area contributed by atoms with Crippen LogP contribution in [0.25, 0.3) is 10.2 Å². The first-order chi connectivity index (χ1) is 18.9. The summed E-state index contributed by atoms with van der Waals surface area (Å²) in [5.41, 5.74) is 8.30. The van der Waals surface area contributed by atoms with Crippen molar-refractivity contribution in [3.63, 3.8) is 0 Å². The van der Waals surface area contributed by atoms with Crippen molar-refractivity contribution >= 4 is 56.5 Å². The number of aryl methyl sites for hydroxylation is 1. The highest BCUT2D eigenvalue weighted by Crippen LogP contribution is 2.46. The topological polar surface area (TPSA) is 139 Å². The van der Waals surface area contributed by atoms with E-state index in [2.05, 4.69) is 20.9 Å². The van der Waals surface area contributed by atoms with E-state index in [0.717, 1.165) is 36.9 Å². The highest BCUT2D eigenvalue weighted by atomic mass is 32.1. The fourth-order valence-electron chi connectivity index (χ4n) is 5.04. The first kappa shape index (κ1) is 24.8. The third kappa shape index (κ3) is 4.55. The molecule has 0 aliphatic carbocycles. The molecule has 5 N–H and O–H groups in total. The SMILES string of the molecule is Cc1cc(Oc2ccccc2C(N)=O)ccc1N1C(=O)Nc2c(C(=O)NC3CCCNC3)sc3nccc1c23. The maximum Gasteiger partial charge on any atom is 0.331 e. The summed E-state index contributed by atoms with van der Waals surface area (Å²) in [5.74, 6) is 0.0482. The van der Waals surface area contributed by atoms with E-state index in [1.54, 1.807) is 59.6 Å². The predicted molar refractivity (Wildman–Crippen MR) is 150 cm³/mol.